The van der Waals surface area contributed by atoms with Gasteiger partial charge in [0.2, 0.25) is 0 Å². The molecule has 1 fully saturated rings. The maximum Gasteiger partial charge on any atom is 0.317 e. The lowest BCUT2D eigenvalue weighted by molar-refractivity contribution is 0.185. The molecule has 1 aromatic carbocycles. The quantitative estimate of drug-likeness (QED) is 0.865. The van der Waals surface area contributed by atoms with E-state index in [1.54, 1.807) is 4.90 Å². The van der Waals surface area contributed by atoms with Gasteiger partial charge < -0.3 is 15.1 Å². The normalized spacial score (nSPS) is 16.0. The fourth-order valence-electron chi connectivity index (χ4n) is 2.29. The van der Waals surface area contributed by atoms with E-state index in [1.165, 1.54) is 12.1 Å². The largest absolute Gasteiger partial charge is 0.366 e. The highest BCUT2D eigenvalue weighted by molar-refractivity contribution is 5.75. The van der Waals surface area contributed by atoms with Crippen molar-refractivity contribution in [3.8, 4) is 0 Å². The molecule has 0 radical (unpaired) electrons. The zero-order valence-electron chi connectivity index (χ0n) is 12.6. The first-order valence-electron chi connectivity index (χ1n) is 7.03. The number of carbonyl (C=O) groups is 1. The average Bonchev–Trinajstić information content (AvgIpc) is 2.37. The van der Waals surface area contributed by atoms with Crippen molar-refractivity contribution >= 4 is 11.7 Å². The van der Waals surface area contributed by atoms with Crippen molar-refractivity contribution in [1.82, 2.24) is 10.2 Å². The molecular formula is C15H21F2N3O. The van der Waals surface area contributed by atoms with Crippen LogP contribution in [0.15, 0.2) is 18.2 Å². The summed E-state index contributed by atoms with van der Waals surface area (Å²) in [5.41, 5.74) is 0.101. The van der Waals surface area contributed by atoms with Crippen LogP contribution in [0.5, 0.6) is 0 Å². The predicted octanol–water partition coefficient (Wildman–Crippen LogP) is 2.59. The molecular weight excluding hydrogens is 276 g/mol. The molecule has 0 bridgehead atoms. The van der Waals surface area contributed by atoms with Crippen molar-refractivity contribution in [3.05, 3.63) is 29.8 Å². The van der Waals surface area contributed by atoms with Gasteiger partial charge in [-0.2, -0.15) is 0 Å². The molecule has 2 amide bonds. The highest BCUT2D eigenvalue weighted by Crippen LogP contribution is 2.21. The molecule has 2 rings (SSSR count). The summed E-state index contributed by atoms with van der Waals surface area (Å²) in [7, 11) is 0. The van der Waals surface area contributed by atoms with E-state index >= 15 is 0 Å². The number of urea groups is 1. The molecule has 1 aliphatic rings. The Labute approximate surface area is 123 Å². The summed E-state index contributed by atoms with van der Waals surface area (Å²) in [6.07, 6.45) is 0. The molecule has 0 aliphatic carbocycles. The third-order valence-corrected chi connectivity index (χ3v) is 3.30. The average molecular weight is 297 g/mol. The fourth-order valence-corrected chi connectivity index (χ4v) is 2.29. The van der Waals surface area contributed by atoms with Gasteiger partial charge >= 0.3 is 6.03 Å². The molecule has 0 aromatic heterocycles. The van der Waals surface area contributed by atoms with E-state index in [1.807, 2.05) is 25.7 Å². The predicted molar refractivity (Wildman–Crippen MR) is 78.4 cm³/mol. The summed E-state index contributed by atoms with van der Waals surface area (Å²) < 4.78 is 26.7. The Morgan fingerprint density at radius 2 is 1.76 bits per heavy atom. The van der Waals surface area contributed by atoms with Crippen LogP contribution in [0.4, 0.5) is 19.3 Å². The third-order valence-electron chi connectivity index (χ3n) is 3.30. The number of nitrogens with one attached hydrogen (secondary N) is 1. The molecule has 4 nitrogen and oxygen atoms in total. The zero-order valence-corrected chi connectivity index (χ0v) is 12.6. The molecule has 116 valence electrons. The summed E-state index contributed by atoms with van der Waals surface area (Å²) in [4.78, 5) is 15.6. The van der Waals surface area contributed by atoms with Crippen molar-refractivity contribution in [1.29, 1.82) is 0 Å². The smallest absolute Gasteiger partial charge is 0.317 e. The molecule has 1 aliphatic heterocycles. The van der Waals surface area contributed by atoms with Crippen LogP contribution >= 0.6 is 0 Å². The van der Waals surface area contributed by atoms with Crippen LogP contribution in [0.25, 0.3) is 0 Å². The maximum atomic E-state index is 13.7. The lowest BCUT2D eigenvalue weighted by atomic mass is 10.1. The minimum Gasteiger partial charge on any atom is -0.366 e. The van der Waals surface area contributed by atoms with Gasteiger partial charge in [0.25, 0.3) is 0 Å². The second-order valence-corrected chi connectivity index (χ2v) is 6.25. The highest BCUT2D eigenvalue weighted by Gasteiger charge is 2.25. The van der Waals surface area contributed by atoms with Crippen molar-refractivity contribution in [2.45, 2.75) is 26.3 Å². The fraction of sp³-hybridized carbons (Fsp3) is 0.533. The lowest BCUT2D eigenvalue weighted by Crippen LogP contribution is -2.55. The number of nitrogens with zero attached hydrogens (tertiary/aromatic N) is 2. The number of anilines is 1. The number of rotatable bonds is 1. The first kappa shape index (κ1) is 15.5. The Balaban J connectivity index is 1.95. The van der Waals surface area contributed by atoms with Crippen LogP contribution in [-0.4, -0.2) is 42.6 Å². The standard InChI is InChI=1S/C15H21F2N3O/c1-15(2,3)18-14(21)20-8-6-19(7-9-20)13-5-4-11(16)10-12(13)17/h4-5,10H,6-9H2,1-3H3,(H,18,21). The monoisotopic (exact) mass is 297 g/mol. The summed E-state index contributed by atoms with van der Waals surface area (Å²) in [5, 5.41) is 2.91. The molecule has 1 heterocycles. The molecule has 6 heteroatoms. The summed E-state index contributed by atoms with van der Waals surface area (Å²) in [5.74, 6) is -1.15. The molecule has 1 saturated heterocycles. The van der Waals surface area contributed by atoms with Crippen molar-refractivity contribution in [2.75, 3.05) is 31.1 Å². The summed E-state index contributed by atoms with van der Waals surface area (Å²) in [6.45, 7) is 7.86. The van der Waals surface area contributed by atoms with Gasteiger partial charge in [-0.25, -0.2) is 13.6 Å². The Kier molecular flexibility index (Phi) is 4.34. The Morgan fingerprint density at radius 1 is 1.14 bits per heavy atom. The number of hydrogen-bond acceptors (Lipinski definition) is 2. The SMILES string of the molecule is CC(C)(C)NC(=O)N1CCN(c2ccc(F)cc2F)CC1. The van der Waals surface area contributed by atoms with Gasteiger partial charge in [-0.05, 0) is 32.9 Å². The number of amides is 2. The number of carbonyl (C=O) groups excluding carboxylic acids is 1. The number of hydrogen-bond donors (Lipinski definition) is 1. The van der Waals surface area contributed by atoms with Crippen LogP contribution in [0.1, 0.15) is 20.8 Å². The molecule has 0 spiro atoms. The van der Waals surface area contributed by atoms with Gasteiger partial charge in [-0.3, -0.25) is 0 Å². The molecule has 1 N–H and O–H groups in total. The minimum absolute atomic E-state index is 0.110. The Bertz CT molecular complexity index is 520. The number of halogens is 2. The van der Waals surface area contributed by atoms with Crippen molar-refractivity contribution < 1.29 is 13.6 Å². The molecule has 0 saturated carbocycles. The van der Waals surface area contributed by atoms with Gasteiger partial charge in [-0.1, -0.05) is 0 Å². The van der Waals surface area contributed by atoms with Crippen LogP contribution in [0, 0.1) is 11.6 Å². The number of benzene rings is 1. The summed E-state index contributed by atoms with van der Waals surface area (Å²) in [6, 6.07) is 3.46. The van der Waals surface area contributed by atoms with E-state index in [-0.39, 0.29) is 11.6 Å². The van der Waals surface area contributed by atoms with Gasteiger partial charge in [0.15, 0.2) is 0 Å². The van der Waals surface area contributed by atoms with E-state index in [2.05, 4.69) is 5.32 Å². The molecule has 21 heavy (non-hydrogen) atoms. The second kappa shape index (κ2) is 5.87. The topological polar surface area (TPSA) is 35.6 Å². The zero-order chi connectivity index (χ0) is 15.6. The lowest BCUT2D eigenvalue weighted by Gasteiger charge is -2.37. The van der Waals surface area contributed by atoms with Gasteiger partial charge in [-0.15, -0.1) is 0 Å². The minimum atomic E-state index is -0.584. The van der Waals surface area contributed by atoms with Crippen molar-refractivity contribution in [3.63, 3.8) is 0 Å². The maximum absolute atomic E-state index is 13.7. The van der Waals surface area contributed by atoms with Crippen LogP contribution in [0.3, 0.4) is 0 Å². The van der Waals surface area contributed by atoms with Crippen LogP contribution in [-0.2, 0) is 0 Å². The first-order chi connectivity index (χ1) is 9.76. The van der Waals surface area contributed by atoms with Gasteiger partial charge in [0, 0.05) is 37.8 Å². The third kappa shape index (κ3) is 4.06. The van der Waals surface area contributed by atoms with E-state index < -0.39 is 11.6 Å². The highest BCUT2D eigenvalue weighted by atomic mass is 19.1. The van der Waals surface area contributed by atoms with Gasteiger partial charge in [0.1, 0.15) is 11.6 Å². The van der Waals surface area contributed by atoms with E-state index in [0.717, 1.165) is 6.07 Å². The molecule has 1 aromatic rings. The second-order valence-electron chi connectivity index (χ2n) is 6.25. The summed E-state index contributed by atoms with van der Waals surface area (Å²) >= 11 is 0. The number of piperazine rings is 1. The Hall–Kier alpha value is -1.85. The van der Waals surface area contributed by atoms with E-state index in [9.17, 15) is 13.6 Å². The first-order valence-corrected chi connectivity index (χ1v) is 7.03. The molecule has 0 atom stereocenters. The van der Waals surface area contributed by atoms with Crippen molar-refractivity contribution in [2.24, 2.45) is 0 Å². The molecule has 0 unspecified atom stereocenters. The van der Waals surface area contributed by atoms with E-state index in [4.69, 9.17) is 0 Å². The van der Waals surface area contributed by atoms with Gasteiger partial charge in [0.05, 0.1) is 5.69 Å². The van der Waals surface area contributed by atoms with E-state index in [0.29, 0.717) is 31.9 Å². The van der Waals surface area contributed by atoms with Crippen LogP contribution in [0.2, 0.25) is 0 Å². The van der Waals surface area contributed by atoms with Crippen LogP contribution < -0.4 is 10.2 Å². The Morgan fingerprint density at radius 3 is 2.29 bits per heavy atom.